The minimum atomic E-state index is -0.888. The Labute approximate surface area is 202 Å². The van der Waals surface area contributed by atoms with Gasteiger partial charge in [-0.2, -0.15) is 0 Å². The van der Waals surface area contributed by atoms with Crippen LogP contribution in [0.3, 0.4) is 0 Å². The first-order valence-corrected chi connectivity index (χ1v) is 12.0. The summed E-state index contributed by atoms with van der Waals surface area (Å²) in [6, 6.07) is -0.218. The Morgan fingerprint density at radius 3 is 1.82 bits per heavy atom. The summed E-state index contributed by atoms with van der Waals surface area (Å²) in [7, 11) is 0. The molecule has 0 aliphatic heterocycles. The molecule has 12 heteroatoms. The maximum Gasteiger partial charge on any atom is 0.305 e. The van der Waals surface area contributed by atoms with Gasteiger partial charge in [-0.1, -0.05) is 6.42 Å². The maximum atomic E-state index is 12.2. The molecule has 0 fully saturated rings. The molecular formula is C22H44N4O8. The van der Waals surface area contributed by atoms with Crippen LogP contribution in [0.2, 0.25) is 0 Å². The summed E-state index contributed by atoms with van der Waals surface area (Å²) in [5.41, 5.74) is 11.0. The number of nitrogens with two attached hydrogens (primary N) is 2. The summed E-state index contributed by atoms with van der Waals surface area (Å²) in [5.74, 6) is -1.11. The number of nitrogens with one attached hydrogen (secondary N) is 2. The molecule has 0 aromatic heterocycles. The lowest BCUT2D eigenvalue weighted by atomic mass is 10.1. The number of carbonyl (C=O) groups is 3. The first kappa shape index (κ1) is 32.2. The molecular weight excluding hydrogens is 448 g/mol. The second kappa shape index (κ2) is 24.3. The topological polar surface area (TPSA) is 184 Å². The number of amides is 2. The summed E-state index contributed by atoms with van der Waals surface area (Å²) in [4.78, 5) is 34.5. The van der Waals surface area contributed by atoms with Crippen LogP contribution in [0.5, 0.6) is 0 Å². The van der Waals surface area contributed by atoms with Crippen molar-refractivity contribution in [2.24, 2.45) is 11.5 Å². The van der Waals surface area contributed by atoms with Crippen molar-refractivity contribution in [1.82, 2.24) is 10.6 Å². The van der Waals surface area contributed by atoms with E-state index in [-0.39, 0.29) is 37.3 Å². The summed E-state index contributed by atoms with van der Waals surface area (Å²) >= 11 is 0. The van der Waals surface area contributed by atoms with Crippen LogP contribution < -0.4 is 22.1 Å². The molecule has 0 aliphatic rings. The zero-order valence-corrected chi connectivity index (χ0v) is 20.3. The monoisotopic (exact) mass is 492 g/mol. The highest BCUT2D eigenvalue weighted by molar-refractivity contribution is 5.79. The predicted molar refractivity (Wildman–Crippen MR) is 126 cm³/mol. The third kappa shape index (κ3) is 23.3. The van der Waals surface area contributed by atoms with E-state index >= 15 is 0 Å². The molecule has 1 unspecified atom stereocenters. The minimum absolute atomic E-state index is 0.0175. The van der Waals surface area contributed by atoms with Crippen molar-refractivity contribution >= 4 is 17.8 Å². The van der Waals surface area contributed by atoms with E-state index in [0.717, 1.165) is 12.8 Å². The largest absolute Gasteiger partial charge is 0.481 e. The Morgan fingerprint density at radius 1 is 0.706 bits per heavy atom. The number of aliphatic carboxylic acids is 1. The summed E-state index contributed by atoms with van der Waals surface area (Å²) in [6.45, 7) is 4.30. The van der Waals surface area contributed by atoms with Crippen molar-refractivity contribution < 1.29 is 38.4 Å². The van der Waals surface area contributed by atoms with Gasteiger partial charge >= 0.3 is 5.97 Å². The highest BCUT2D eigenvalue weighted by Crippen LogP contribution is 2.05. The Bertz CT molecular complexity index is 525. The number of carboxylic acids is 1. The Hall–Kier alpha value is -1.83. The fourth-order valence-electron chi connectivity index (χ4n) is 2.80. The number of carbonyl (C=O) groups excluding carboxylic acids is 2. The molecule has 0 aliphatic carbocycles. The summed E-state index contributed by atoms with van der Waals surface area (Å²) < 4.78 is 21.2. The van der Waals surface area contributed by atoms with Crippen molar-refractivity contribution in [3.05, 3.63) is 0 Å². The molecule has 200 valence electrons. The molecule has 0 aromatic rings. The molecule has 0 aromatic carbocycles. The first-order valence-electron chi connectivity index (χ1n) is 12.0. The van der Waals surface area contributed by atoms with Gasteiger partial charge in [0.2, 0.25) is 11.8 Å². The van der Waals surface area contributed by atoms with E-state index in [0.29, 0.717) is 85.1 Å². The number of carboxylic acid groups (broad SMARTS) is 1. The van der Waals surface area contributed by atoms with Crippen LogP contribution in [0.1, 0.15) is 44.9 Å². The first-order chi connectivity index (χ1) is 16.5. The van der Waals surface area contributed by atoms with Crippen molar-refractivity contribution in [2.45, 2.75) is 51.0 Å². The van der Waals surface area contributed by atoms with Crippen molar-refractivity contribution in [3.63, 3.8) is 0 Å². The number of hydrogen-bond acceptors (Lipinski definition) is 9. The molecule has 0 heterocycles. The Morgan fingerprint density at radius 2 is 1.26 bits per heavy atom. The van der Waals surface area contributed by atoms with Gasteiger partial charge in [0.15, 0.2) is 0 Å². The highest BCUT2D eigenvalue weighted by atomic mass is 16.6. The van der Waals surface area contributed by atoms with Crippen molar-refractivity contribution in [2.75, 3.05) is 72.5 Å². The second-order valence-electron chi connectivity index (χ2n) is 7.59. The lowest BCUT2D eigenvalue weighted by Gasteiger charge is -2.18. The lowest BCUT2D eigenvalue weighted by molar-refractivity contribution is -0.138. The van der Waals surface area contributed by atoms with Gasteiger partial charge in [-0.05, 0) is 32.4 Å². The van der Waals surface area contributed by atoms with Crippen LogP contribution in [-0.2, 0) is 33.3 Å². The van der Waals surface area contributed by atoms with E-state index in [2.05, 4.69) is 10.6 Å². The number of ether oxygens (including phenoxy) is 4. The minimum Gasteiger partial charge on any atom is -0.481 e. The SMILES string of the molecule is NCCCCC(CC(=O)NCCOCCOCCOCCOCCC(=O)O)NC(=O)CCCN. The fraction of sp³-hybridized carbons (Fsp3) is 0.864. The van der Waals surface area contributed by atoms with E-state index < -0.39 is 5.97 Å². The van der Waals surface area contributed by atoms with Crippen LogP contribution in [0.15, 0.2) is 0 Å². The van der Waals surface area contributed by atoms with Crippen LogP contribution in [0, 0.1) is 0 Å². The van der Waals surface area contributed by atoms with E-state index in [1.54, 1.807) is 0 Å². The predicted octanol–water partition coefficient (Wildman–Crippen LogP) is -0.613. The Balaban J connectivity index is 3.68. The third-order valence-corrected chi connectivity index (χ3v) is 4.56. The lowest BCUT2D eigenvalue weighted by Crippen LogP contribution is -2.40. The molecule has 34 heavy (non-hydrogen) atoms. The van der Waals surface area contributed by atoms with Crippen LogP contribution >= 0.6 is 0 Å². The quantitative estimate of drug-likeness (QED) is 0.103. The number of unbranched alkanes of at least 4 members (excludes halogenated alkanes) is 1. The summed E-state index contributed by atoms with van der Waals surface area (Å²) in [5, 5.41) is 14.2. The van der Waals surface area contributed by atoms with Crippen molar-refractivity contribution in [3.8, 4) is 0 Å². The van der Waals surface area contributed by atoms with E-state index in [4.69, 9.17) is 35.5 Å². The van der Waals surface area contributed by atoms with E-state index in [1.165, 1.54) is 0 Å². The molecule has 0 saturated carbocycles. The van der Waals surface area contributed by atoms with E-state index in [1.807, 2.05) is 0 Å². The fourth-order valence-corrected chi connectivity index (χ4v) is 2.80. The molecule has 0 bridgehead atoms. The van der Waals surface area contributed by atoms with Crippen LogP contribution in [0.4, 0.5) is 0 Å². The van der Waals surface area contributed by atoms with Crippen LogP contribution in [0.25, 0.3) is 0 Å². The van der Waals surface area contributed by atoms with Gasteiger partial charge in [0, 0.05) is 25.4 Å². The molecule has 0 radical (unpaired) electrons. The molecule has 0 saturated heterocycles. The van der Waals surface area contributed by atoms with Gasteiger partial charge in [0.1, 0.15) is 0 Å². The number of rotatable bonds is 25. The normalized spacial score (nSPS) is 11.8. The molecule has 2 amide bonds. The third-order valence-electron chi connectivity index (χ3n) is 4.56. The maximum absolute atomic E-state index is 12.2. The van der Waals surface area contributed by atoms with Gasteiger partial charge in [-0.3, -0.25) is 14.4 Å². The van der Waals surface area contributed by atoms with E-state index in [9.17, 15) is 14.4 Å². The highest BCUT2D eigenvalue weighted by Gasteiger charge is 2.16. The van der Waals surface area contributed by atoms with Gasteiger partial charge in [-0.25, -0.2) is 0 Å². The summed E-state index contributed by atoms with van der Waals surface area (Å²) in [6.07, 6.45) is 3.57. The van der Waals surface area contributed by atoms with Gasteiger partial charge in [-0.15, -0.1) is 0 Å². The average molecular weight is 493 g/mol. The molecule has 7 N–H and O–H groups in total. The molecule has 0 rings (SSSR count). The standard InChI is InChI=1S/C22H44N4O8/c23-7-2-1-4-19(26-20(27)5-3-8-24)18-21(28)25-9-11-32-13-15-34-17-16-33-14-12-31-10-6-22(29)30/h19H,1-18,23-24H2,(H,25,28)(H,26,27)(H,29,30). The zero-order chi connectivity index (χ0) is 25.3. The van der Waals surface area contributed by atoms with Gasteiger partial charge in [0.25, 0.3) is 0 Å². The van der Waals surface area contributed by atoms with Crippen LogP contribution in [-0.4, -0.2) is 101 Å². The second-order valence-corrected chi connectivity index (χ2v) is 7.59. The average Bonchev–Trinajstić information content (AvgIpc) is 2.80. The smallest absolute Gasteiger partial charge is 0.305 e. The number of hydrogen-bond donors (Lipinski definition) is 5. The Kier molecular flexibility index (Phi) is 23.0. The molecule has 0 spiro atoms. The molecule has 1 atom stereocenters. The molecule has 12 nitrogen and oxygen atoms in total. The van der Waals surface area contributed by atoms with Gasteiger partial charge < -0.3 is 46.2 Å². The van der Waals surface area contributed by atoms with Crippen molar-refractivity contribution in [1.29, 1.82) is 0 Å². The zero-order valence-electron chi connectivity index (χ0n) is 20.3. The van der Waals surface area contributed by atoms with Gasteiger partial charge in [0.05, 0.1) is 59.3 Å².